The quantitative estimate of drug-likeness (QED) is 0.531. The van der Waals surface area contributed by atoms with E-state index in [-0.39, 0.29) is 17.5 Å². The molecule has 2 amide bonds. The maximum Gasteiger partial charge on any atom is 0.271 e. The largest absolute Gasteiger partial charge is 0.455 e. The summed E-state index contributed by atoms with van der Waals surface area (Å²) in [5.41, 5.74) is 1.25. The fourth-order valence-corrected chi connectivity index (χ4v) is 4.11. The van der Waals surface area contributed by atoms with Gasteiger partial charge in [-0.3, -0.25) is 9.59 Å². The van der Waals surface area contributed by atoms with Gasteiger partial charge >= 0.3 is 0 Å². The third-order valence-electron chi connectivity index (χ3n) is 6.22. The molecule has 0 saturated carbocycles. The van der Waals surface area contributed by atoms with Gasteiger partial charge in [-0.1, -0.05) is 60.7 Å². The number of amides is 2. The van der Waals surface area contributed by atoms with Crippen molar-refractivity contribution >= 4 is 17.9 Å². The number of carbonyl (C=O) groups excluding carboxylic acids is 2. The van der Waals surface area contributed by atoms with Gasteiger partial charge in [0.1, 0.15) is 28.8 Å². The number of nitrogens with zero attached hydrogens (tertiary/aromatic N) is 3. The van der Waals surface area contributed by atoms with Crippen molar-refractivity contribution < 1.29 is 14.3 Å². The predicted molar refractivity (Wildman–Crippen MR) is 130 cm³/mol. The van der Waals surface area contributed by atoms with Crippen LogP contribution in [0.25, 0.3) is 6.08 Å². The second-order valence-corrected chi connectivity index (χ2v) is 8.44. The maximum absolute atomic E-state index is 13.5. The van der Waals surface area contributed by atoms with Crippen LogP contribution >= 0.6 is 0 Å². The molecule has 0 aromatic heterocycles. The second kappa shape index (κ2) is 9.24. The Morgan fingerprint density at radius 2 is 1.53 bits per heavy atom. The first kappa shape index (κ1) is 22.8. The topological polar surface area (TPSA) is 73.6 Å². The normalized spacial score (nSPS) is 19.3. The smallest absolute Gasteiger partial charge is 0.271 e. The van der Waals surface area contributed by atoms with Crippen LogP contribution in [-0.4, -0.2) is 41.2 Å². The summed E-state index contributed by atoms with van der Waals surface area (Å²) >= 11 is 0. The molecule has 0 spiro atoms. The van der Waals surface area contributed by atoms with Crippen molar-refractivity contribution in [2.24, 2.45) is 0 Å². The standard InChI is InChI=1S/C28H25N3O3/c1-28(18-20-11-5-4-6-12-20)27(33)30(2)23(26(32)31(28)3)17-21-13-7-9-15-24(21)34-25-16-10-8-14-22(25)19-29/h4-17H,18H2,1-3H3/b23-17-. The molecule has 1 unspecified atom stereocenters. The molecule has 0 radical (unpaired) electrons. The maximum atomic E-state index is 13.5. The van der Waals surface area contributed by atoms with Gasteiger partial charge in [0.25, 0.3) is 11.8 Å². The monoisotopic (exact) mass is 451 g/mol. The van der Waals surface area contributed by atoms with Gasteiger partial charge in [0.2, 0.25) is 0 Å². The predicted octanol–water partition coefficient (Wildman–Crippen LogP) is 4.62. The second-order valence-electron chi connectivity index (χ2n) is 8.44. The zero-order valence-electron chi connectivity index (χ0n) is 19.4. The van der Waals surface area contributed by atoms with Crippen molar-refractivity contribution in [3.8, 4) is 17.6 Å². The summed E-state index contributed by atoms with van der Waals surface area (Å²) in [6.45, 7) is 1.80. The van der Waals surface area contributed by atoms with Crippen LogP contribution < -0.4 is 4.74 Å². The Hall–Kier alpha value is -4.37. The molecule has 3 aromatic rings. The molecular formula is C28H25N3O3. The number of para-hydroxylation sites is 2. The van der Waals surface area contributed by atoms with E-state index in [9.17, 15) is 14.9 Å². The highest BCUT2D eigenvalue weighted by molar-refractivity contribution is 6.08. The molecule has 34 heavy (non-hydrogen) atoms. The molecule has 0 aliphatic carbocycles. The number of hydrogen-bond acceptors (Lipinski definition) is 4. The zero-order valence-corrected chi connectivity index (χ0v) is 19.4. The fraction of sp³-hybridized carbons (Fsp3) is 0.179. The number of nitriles is 1. The number of carbonyl (C=O) groups is 2. The van der Waals surface area contributed by atoms with Crippen molar-refractivity contribution in [1.82, 2.24) is 9.80 Å². The Bertz CT molecular complexity index is 1310. The number of piperazine rings is 1. The number of hydrogen-bond donors (Lipinski definition) is 0. The van der Waals surface area contributed by atoms with E-state index >= 15 is 0 Å². The van der Waals surface area contributed by atoms with E-state index in [2.05, 4.69) is 6.07 Å². The van der Waals surface area contributed by atoms with Gasteiger partial charge in [-0.25, -0.2) is 0 Å². The summed E-state index contributed by atoms with van der Waals surface area (Å²) in [5, 5.41) is 9.37. The van der Waals surface area contributed by atoms with Crippen LogP contribution in [0.5, 0.6) is 11.5 Å². The van der Waals surface area contributed by atoms with Crippen molar-refractivity contribution in [3.63, 3.8) is 0 Å². The molecule has 170 valence electrons. The molecule has 1 fully saturated rings. The lowest BCUT2D eigenvalue weighted by Gasteiger charge is -2.45. The van der Waals surface area contributed by atoms with E-state index in [1.54, 1.807) is 63.5 Å². The van der Waals surface area contributed by atoms with Crippen molar-refractivity contribution in [2.75, 3.05) is 14.1 Å². The van der Waals surface area contributed by atoms with Crippen LogP contribution in [0.4, 0.5) is 0 Å². The lowest BCUT2D eigenvalue weighted by Crippen LogP contribution is -2.64. The Kier molecular flexibility index (Phi) is 6.20. The summed E-state index contributed by atoms with van der Waals surface area (Å²) in [6, 6.07) is 25.9. The third kappa shape index (κ3) is 4.16. The SMILES string of the molecule is CN1C(=O)C(C)(Cc2ccccc2)N(C)C(=O)/C1=C/c1ccccc1Oc1ccccc1C#N. The van der Waals surface area contributed by atoms with Gasteiger partial charge in [-0.05, 0) is 36.8 Å². The third-order valence-corrected chi connectivity index (χ3v) is 6.22. The Morgan fingerprint density at radius 3 is 2.24 bits per heavy atom. The van der Waals surface area contributed by atoms with E-state index in [0.717, 1.165) is 5.56 Å². The first-order valence-corrected chi connectivity index (χ1v) is 10.9. The Morgan fingerprint density at radius 1 is 0.912 bits per heavy atom. The minimum atomic E-state index is -1.01. The molecule has 1 aliphatic rings. The molecule has 4 rings (SSSR count). The van der Waals surface area contributed by atoms with Gasteiger partial charge < -0.3 is 14.5 Å². The average molecular weight is 452 g/mol. The lowest BCUT2D eigenvalue weighted by molar-refractivity contribution is -0.155. The number of ether oxygens (including phenoxy) is 1. The minimum Gasteiger partial charge on any atom is -0.455 e. The van der Waals surface area contributed by atoms with Gasteiger partial charge in [-0.15, -0.1) is 0 Å². The summed E-state index contributed by atoms with van der Waals surface area (Å²) in [6.07, 6.45) is 2.07. The van der Waals surface area contributed by atoms with Gasteiger partial charge in [0.05, 0.1) is 5.56 Å². The van der Waals surface area contributed by atoms with Gasteiger partial charge in [-0.2, -0.15) is 5.26 Å². The van der Waals surface area contributed by atoms with Crippen LogP contribution in [0.2, 0.25) is 0 Å². The molecule has 1 atom stereocenters. The highest BCUT2D eigenvalue weighted by atomic mass is 16.5. The molecular weight excluding hydrogens is 426 g/mol. The van der Waals surface area contributed by atoms with Gasteiger partial charge in [0, 0.05) is 26.1 Å². The van der Waals surface area contributed by atoms with Crippen molar-refractivity contribution in [1.29, 1.82) is 5.26 Å². The molecule has 6 heteroatoms. The number of rotatable bonds is 5. The molecule has 0 bridgehead atoms. The number of benzene rings is 3. The summed E-state index contributed by atoms with van der Waals surface area (Å²) in [7, 11) is 3.28. The van der Waals surface area contributed by atoms with Crippen LogP contribution in [-0.2, 0) is 16.0 Å². The summed E-state index contributed by atoms with van der Waals surface area (Å²) < 4.78 is 6.02. The minimum absolute atomic E-state index is 0.169. The zero-order chi connectivity index (χ0) is 24.3. The average Bonchev–Trinajstić information content (AvgIpc) is 2.86. The molecule has 6 nitrogen and oxygen atoms in total. The molecule has 3 aromatic carbocycles. The van der Waals surface area contributed by atoms with Crippen LogP contribution in [0, 0.1) is 11.3 Å². The first-order chi connectivity index (χ1) is 16.3. The van der Waals surface area contributed by atoms with Crippen molar-refractivity contribution in [3.05, 3.63) is 101 Å². The molecule has 0 N–H and O–H groups in total. The highest BCUT2D eigenvalue weighted by Crippen LogP contribution is 2.34. The van der Waals surface area contributed by atoms with E-state index in [1.165, 1.54) is 9.80 Å². The summed E-state index contributed by atoms with van der Waals surface area (Å²) in [4.78, 5) is 29.9. The van der Waals surface area contributed by atoms with Gasteiger partial charge in [0.15, 0.2) is 0 Å². The number of likely N-dealkylation sites (N-methyl/N-ethyl adjacent to an activating group) is 2. The lowest BCUT2D eigenvalue weighted by atomic mass is 9.87. The van der Waals surface area contributed by atoms with E-state index in [0.29, 0.717) is 29.0 Å². The first-order valence-electron chi connectivity index (χ1n) is 10.9. The fourth-order valence-electron chi connectivity index (χ4n) is 4.11. The summed E-state index contributed by atoms with van der Waals surface area (Å²) in [5.74, 6) is 0.472. The van der Waals surface area contributed by atoms with E-state index in [4.69, 9.17) is 4.74 Å². The molecule has 1 saturated heterocycles. The molecule has 1 aliphatic heterocycles. The van der Waals surface area contributed by atoms with E-state index in [1.807, 2.05) is 42.5 Å². The van der Waals surface area contributed by atoms with Crippen LogP contribution in [0.15, 0.2) is 84.6 Å². The Balaban J connectivity index is 1.68. The Labute approximate surface area is 199 Å². The highest BCUT2D eigenvalue weighted by Gasteiger charge is 2.48. The van der Waals surface area contributed by atoms with Crippen molar-refractivity contribution in [2.45, 2.75) is 18.9 Å². The molecule has 1 heterocycles. The van der Waals surface area contributed by atoms with Crippen LogP contribution in [0.3, 0.4) is 0 Å². The van der Waals surface area contributed by atoms with E-state index < -0.39 is 5.54 Å². The van der Waals surface area contributed by atoms with Crippen LogP contribution in [0.1, 0.15) is 23.6 Å².